The van der Waals surface area contributed by atoms with Gasteiger partial charge in [0.2, 0.25) is 0 Å². The lowest BCUT2D eigenvalue weighted by atomic mass is 9.98. The Balaban J connectivity index is 1.20. The molecule has 0 aromatic heterocycles. The summed E-state index contributed by atoms with van der Waals surface area (Å²) in [5.74, 6) is 0.542. The van der Waals surface area contributed by atoms with Gasteiger partial charge in [-0.05, 0) is 71.3 Å². The quantitative estimate of drug-likeness (QED) is 0.273. The zero-order valence-corrected chi connectivity index (χ0v) is 22.1. The molecule has 1 aliphatic rings. The maximum absolute atomic E-state index is 13.1. The van der Waals surface area contributed by atoms with E-state index in [1.165, 1.54) is 17.7 Å². The van der Waals surface area contributed by atoms with Gasteiger partial charge < -0.3 is 15.0 Å². The van der Waals surface area contributed by atoms with E-state index in [0.717, 1.165) is 56.3 Å². The first-order valence-electron chi connectivity index (χ1n) is 13.1. The van der Waals surface area contributed by atoms with Gasteiger partial charge in [0.1, 0.15) is 5.75 Å². The van der Waals surface area contributed by atoms with E-state index in [0.29, 0.717) is 22.4 Å². The van der Waals surface area contributed by atoms with Crippen LogP contribution in [0.4, 0.5) is 24.5 Å². The van der Waals surface area contributed by atoms with Crippen LogP contribution in [0.5, 0.6) is 5.75 Å². The monoisotopic (exact) mass is 545 g/mol. The number of amides is 1. The highest BCUT2D eigenvalue weighted by atomic mass is 19.4. The average molecular weight is 546 g/mol. The van der Waals surface area contributed by atoms with E-state index in [-0.39, 0.29) is 5.91 Å². The number of anilines is 2. The van der Waals surface area contributed by atoms with Crippen molar-refractivity contribution in [2.45, 2.75) is 12.7 Å². The maximum atomic E-state index is 13.1. The Morgan fingerprint density at radius 3 is 2.23 bits per heavy atom. The van der Waals surface area contributed by atoms with E-state index in [4.69, 9.17) is 4.74 Å². The van der Waals surface area contributed by atoms with Crippen LogP contribution in [0, 0.1) is 0 Å². The third-order valence-corrected chi connectivity index (χ3v) is 7.10. The molecule has 0 saturated carbocycles. The fourth-order valence-corrected chi connectivity index (χ4v) is 4.92. The van der Waals surface area contributed by atoms with Crippen molar-refractivity contribution in [2.24, 2.45) is 0 Å². The lowest BCUT2D eigenvalue weighted by Crippen LogP contribution is -2.45. The van der Waals surface area contributed by atoms with E-state index in [9.17, 15) is 18.0 Å². The van der Waals surface area contributed by atoms with Crippen molar-refractivity contribution in [1.29, 1.82) is 0 Å². The number of carbonyl (C=O) groups excluding carboxylic acids is 1. The van der Waals surface area contributed by atoms with Crippen molar-refractivity contribution in [2.75, 3.05) is 43.5 Å². The third kappa shape index (κ3) is 6.46. The summed E-state index contributed by atoms with van der Waals surface area (Å²) in [6.07, 6.45) is -4.41. The van der Waals surface area contributed by atoms with Crippen LogP contribution in [0.1, 0.15) is 21.5 Å². The molecule has 1 amide bonds. The van der Waals surface area contributed by atoms with Gasteiger partial charge in [-0.25, -0.2) is 0 Å². The summed E-state index contributed by atoms with van der Waals surface area (Å²) in [4.78, 5) is 17.9. The lowest BCUT2D eigenvalue weighted by Gasteiger charge is -2.36. The number of alkyl halides is 3. The predicted molar refractivity (Wildman–Crippen MR) is 152 cm³/mol. The van der Waals surface area contributed by atoms with Gasteiger partial charge in [-0.3, -0.25) is 9.69 Å². The zero-order valence-electron chi connectivity index (χ0n) is 22.1. The van der Waals surface area contributed by atoms with Gasteiger partial charge in [0.15, 0.2) is 0 Å². The topological polar surface area (TPSA) is 44.8 Å². The van der Waals surface area contributed by atoms with E-state index in [2.05, 4.69) is 27.2 Å². The molecule has 0 spiro atoms. The van der Waals surface area contributed by atoms with Gasteiger partial charge in [-0.2, -0.15) is 13.2 Å². The molecule has 1 N–H and O–H groups in total. The van der Waals surface area contributed by atoms with Crippen molar-refractivity contribution in [3.63, 3.8) is 0 Å². The minimum atomic E-state index is -4.41. The second kappa shape index (κ2) is 11.8. The standard InChI is InChI=1S/C32H30F3N3O2/c1-40-28-6-4-5-23(21-28)22-37-17-19-38(20-18-37)27-15-13-26(14-16-27)36-31(39)30-8-3-2-7-29(30)24-9-11-25(12-10-24)32(33,34)35/h2-16,21H,17-20,22H2,1H3,(H,36,39). The summed E-state index contributed by atoms with van der Waals surface area (Å²) < 4.78 is 44.2. The first-order chi connectivity index (χ1) is 19.3. The van der Waals surface area contributed by atoms with Gasteiger partial charge in [0, 0.05) is 49.7 Å². The van der Waals surface area contributed by atoms with Crippen LogP contribution in [-0.2, 0) is 12.7 Å². The van der Waals surface area contributed by atoms with Gasteiger partial charge in [-0.1, -0.05) is 42.5 Å². The zero-order chi connectivity index (χ0) is 28.1. The molecule has 5 rings (SSSR count). The molecule has 1 heterocycles. The Morgan fingerprint density at radius 1 is 0.850 bits per heavy atom. The summed E-state index contributed by atoms with van der Waals surface area (Å²) in [6.45, 7) is 4.56. The normalized spacial score (nSPS) is 14.2. The number of hydrogen-bond donors (Lipinski definition) is 1. The predicted octanol–water partition coefficient (Wildman–Crippen LogP) is 6.96. The largest absolute Gasteiger partial charge is 0.497 e. The number of hydrogen-bond acceptors (Lipinski definition) is 4. The highest BCUT2D eigenvalue weighted by Gasteiger charge is 2.30. The third-order valence-electron chi connectivity index (χ3n) is 7.10. The summed E-state index contributed by atoms with van der Waals surface area (Å²) >= 11 is 0. The van der Waals surface area contributed by atoms with Crippen LogP contribution >= 0.6 is 0 Å². The van der Waals surface area contributed by atoms with Gasteiger partial charge >= 0.3 is 6.18 Å². The molecule has 0 atom stereocenters. The number of methoxy groups -OCH3 is 1. The molecule has 0 aliphatic carbocycles. The number of carbonyl (C=O) groups is 1. The van der Waals surface area contributed by atoms with Gasteiger partial charge in [-0.15, -0.1) is 0 Å². The molecule has 0 bridgehead atoms. The van der Waals surface area contributed by atoms with Crippen LogP contribution in [0.3, 0.4) is 0 Å². The number of benzene rings is 4. The second-order valence-corrected chi connectivity index (χ2v) is 9.74. The smallest absolute Gasteiger partial charge is 0.416 e. The highest BCUT2D eigenvalue weighted by molar-refractivity contribution is 6.08. The molecular weight excluding hydrogens is 515 g/mol. The van der Waals surface area contributed by atoms with Crippen LogP contribution in [-0.4, -0.2) is 44.1 Å². The van der Waals surface area contributed by atoms with Crippen molar-refractivity contribution in [1.82, 2.24) is 4.90 Å². The SMILES string of the molecule is COc1cccc(CN2CCN(c3ccc(NC(=O)c4ccccc4-c4ccc(C(F)(F)F)cc4)cc3)CC2)c1. The number of nitrogens with zero attached hydrogens (tertiary/aromatic N) is 2. The summed E-state index contributed by atoms with van der Waals surface area (Å²) in [5.41, 5.74) is 3.73. The van der Waals surface area contributed by atoms with E-state index >= 15 is 0 Å². The first-order valence-corrected chi connectivity index (χ1v) is 13.1. The van der Waals surface area contributed by atoms with Crippen molar-refractivity contribution in [3.8, 4) is 16.9 Å². The van der Waals surface area contributed by atoms with E-state index in [1.807, 2.05) is 36.4 Å². The van der Waals surface area contributed by atoms with Crippen LogP contribution in [0.2, 0.25) is 0 Å². The van der Waals surface area contributed by atoms with Crippen molar-refractivity contribution < 1.29 is 22.7 Å². The summed E-state index contributed by atoms with van der Waals surface area (Å²) in [7, 11) is 1.68. The molecule has 206 valence electrons. The molecule has 40 heavy (non-hydrogen) atoms. The molecule has 5 nitrogen and oxygen atoms in total. The molecule has 4 aromatic carbocycles. The maximum Gasteiger partial charge on any atom is 0.416 e. The Morgan fingerprint density at radius 2 is 1.55 bits per heavy atom. The molecule has 8 heteroatoms. The second-order valence-electron chi connectivity index (χ2n) is 9.74. The van der Waals surface area contributed by atoms with Crippen LogP contribution in [0.25, 0.3) is 11.1 Å². The van der Waals surface area contributed by atoms with E-state index < -0.39 is 11.7 Å². The summed E-state index contributed by atoms with van der Waals surface area (Å²) in [5, 5.41) is 2.92. The summed E-state index contributed by atoms with van der Waals surface area (Å²) in [6, 6.07) is 27.6. The van der Waals surface area contributed by atoms with E-state index in [1.54, 1.807) is 31.4 Å². The van der Waals surface area contributed by atoms with Gasteiger partial charge in [0.25, 0.3) is 5.91 Å². The molecule has 1 saturated heterocycles. The number of halogens is 3. The molecule has 0 unspecified atom stereocenters. The minimum Gasteiger partial charge on any atom is -0.497 e. The fourth-order valence-electron chi connectivity index (χ4n) is 4.92. The van der Waals surface area contributed by atoms with Gasteiger partial charge in [0.05, 0.1) is 12.7 Å². The van der Waals surface area contributed by atoms with Crippen LogP contribution in [0.15, 0.2) is 97.1 Å². The Kier molecular flexibility index (Phi) is 8.07. The molecule has 0 radical (unpaired) electrons. The Bertz CT molecular complexity index is 1450. The molecule has 1 aliphatic heterocycles. The van der Waals surface area contributed by atoms with Crippen LogP contribution < -0.4 is 15.0 Å². The van der Waals surface area contributed by atoms with Crippen molar-refractivity contribution >= 4 is 17.3 Å². The number of nitrogens with one attached hydrogen (secondary N) is 1. The molecular formula is C32H30F3N3O2. The number of rotatable bonds is 7. The Labute approximate surface area is 231 Å². The highest BCUT2D eigenvalue weighted by Crippen LogP contribution is 2.32. The average Bonchev–Trinajstić information content (AvgIpc) is 2.98. The Hall–Kier alpha value is -4.30. The lowest BCUT2D eigenvalue weighted by molar-refractivity contribution is -0.137. The minimum absolute atomic E-state index is 0.325. The number of ether oxygens (including phenoxy) is 1. The molecule has 4 aromatic rings. The first kappa shape index (κ1) is 27.3. The fraction of sp³-hybridized carbons (Fsp3) is 0.219. The van der Waals surface area contributed by atoms with Crippen molar-refractivity contribution in [3.05, 3.63) is 114 Å². The number of piperazine rings is 1. The molecule has 1 fully saturated rings.